The normalized spacial score (nSPS) is 39.6. The number of carbonyl (C=O) groups is 2. The summed E-state index contributed by atoms with van der Waals surface area (Å²) in [6, 6.07) is 0.411. The van der Waals surface area contributed by atoms with E-state index in [2.05, 4.69) is 56.7 Å². The monoisotopic (exact) mass is 581 g/mol. The molecule has 0 N–H and O–H groups in total. The molecule has 3 rings (SSSR count). The molecule has 0 bridgehead atoms. The molecule has 0 spiro atoms. The summed E-state index contributed by atoms with van der Waals surface area (Å²) in [6.45, 7) is 14.8. The van der Waals surface area contributed by atoms with Crippen LogP contribution in [0.4, 0.5) is 0 Å². The van der Waals surface area contributed by atoms with Gasteiger partial charge in [-0.15, -0.1) is 0 Å². The van der Waals surface area contributed by atoms with Crippen LogP contribution in [0, 0.1) is 23.2 Å². The van der Waals surface area contributed by atoms with Crippen molar-refractivity contribution in [2.75, 3.05) is 61.5 Å². The first-order chi connectivity index (χ1) is 19.1. The Bertz CT molecular complexity index is 875. The lowest BCUT2D eigenvalue weighted by Crippen LogP contribution is -2.55. The zero-order valence-corrected chi connectivity index (χ0v) is 27.8. The van der Waals surface area contributed by atoms with Crippen LogP contribution in [0.5, 0.6) is 0 Å². The van der Waals surface area contributed by atoms with Crippen molar-refractivity contribution in [1.82, 2.24) is 14.7 Å². The van der Waals surface area contributed by atoms with Crippen LogP contribution in [0.1, 0.15) is 73.6 Å². The quantitative estimate of drug-likeness (QED) is 0.357. The fraction of sp³-hybridized carbons (Fsp3) is 0.938. The topological polar surface area (TPSA) is 80.8 Å². The molecule has 0 aromatic rings. The minimum atomic E-state index is -1.32. The molecule has 3 aliphatic heterocycles. The molecule has 0 aromatic heterocycles. The number of ether oxygens (including phenoxy) is 4. The Labute approximate surface area is 249 Å². The van der Waals surface area contributed by atoms with E-state index in [1.807, 2.05) is 13.8 Å². The van der Waals surface area contributed by atoms with Crippen LogP contribution >= 0.6 is 0 Å². The molecule has 1 unspecified atom stereocenters. The highest BCUT2D eigenvalue weighted by Crippen LogP contribution is 2.38. The molecule has 0 amide bonds. The zero-order chi connectivity index (χ0) is 30.7. The summed E-state index contributed by atoms with van der Waals surface area (Å²) < 4.78 is 25.3. The lowest BCUT2D eigenvalue weighted by molar-refractivity contribution is -0.263. The van der Waals surface area contributed by atoms with E-state index in [-0.39, 0.29) is 23.8 Å². The van der Waals surface area contributed by atoms with E-state index in [9.17, 15) is 9.59 Å². The molecule has 3 heterocycles. The van der Waals surface area contributed by atoms with Crippen molar-refractivity contribution in [3.63, 3.8) is 0 Å². The van der Waals surface area contributed by atoms with E-state index in [0.29, 0.717) is 31.4 Å². The number of ketones is 1. The molecule has 3 fully saturated rings. The number of nitrogens with zero attached hydrogens (tertiary/aromatic N) is 3. The molecule has 41 heavy (non-hydrogen) atoms. The van der Waals surface area contributed by atoms with Gasteiger partial charge >= 0.3 is 5.97 Å². The lowest BCUT2D eigenvalue weighted by atomic mass is 9.74. The van der Waals surface area contributed by atoms with Crippen molar-refractivity contribution in [1.29, 1.82) is 0 Å². The number of hydrogen-bond donors (Lipinski definition) is 0. The number of esters is 1. The first-order valence-electron chi connectivity index (χ1n) is 15.7. The van der Waals surface area contributed by atoms with Gasteiger partial charge in [0.25, 0.3) is 0 Å². The van der Waals surface area contributed by atoms with Gasteiger partial charge in [0.05, 0.1) is 17.8 Å². The van der Waals surface area contributed by atoms with Crippen molar-refractivity contribution >= 4 is 11.8 Å². The van der Waals surface area contributed by atoms with Crippen LogP contribution < -0.4 is 0 Å². The van der Waals surface area contributed by atoms with Gasteiger partial charge in [0, 0.05) is 38.1 Å². The van der Waals surface area contributed by atoms with Crippen molar-refractivity contribution < 1.29 is 28.5 Å². The van der Waals surface area contributed by atoms with E-state index in [4.69, 9.17) is 18.9 Å². The molecular formula is C32H59N3O6. The number of rotatable bonds is 5. The fourth-order valence-corrected chi connectivity index (χ4v) is 7.42. The van der Waals surface area contributed by atoms with E-state index >= 15 is 0 Å². The molecular weight excluding hydrogens is 522 g/mol. The molecule has 8 atom stereocenters. The number of hydrogen-bond acceptors (Lipinski definition) is 9. The average molecular weight is 582 g/mol. The second-order valence-corrected chi connectivity index (χ2v) is 14.4. The standard InChI is InChI=1S/C32H59N3O6/c1-21-18-32(6,38-11)29(41-27-17-25(33(7)8)16-22(2)40-27)23(3)28(36)31(4,5)30(37)39-20-26(35(10)19-21)24-12-14-34(9)15-13-24/h21-27,29H,12-20H2,1-11H3/t21-,22-,23+,25+,26?,27+,29-,32-/m1/s1. The molecule has 0 radical (unpaired) electrons. The molecule has 9 heteroatoms. The highest BCUT2D eigenvalue weighted by Gasteiger charge is 2.50. The van der Waals surface area contributed by atoms with Crippen LogP contribution in [0.2, 0.25) is 0 Å². The Morgan fingerprint density at radius 3 is 2.22 bits per heavy atom. The zero-order valence-electron chi connectivity index (χ0n) is 27.8. The van der Waals surface area contributed by atoms with Crippen LogP contribution in [0.15, 0.2) is 0 Å². The van der Waals surface area contributed by atoms with Gasteiger partial charge < -0.3 is 28.7 Å². The molecule has 3 aliphatic rings. The summed E-state index contributed by atoms with van der Waals surface area (Å²) in [5.74, 6) is -0.603. The highest BCUT2D eigenvalue weighted by molar-refractivity contribution is 6.04. The van der Waals surface area contributed by atoms with Gasteiger partial charge in [-0.3, -0.25) is 14.5 Å². The van der Waals surface area contributed by atoms with Crippen molar-refractivity contribution in [2.45, 2.75) is 110 Å². The molecule has 238 valence electrons. The number of carbonyl (C=O) groups excluding carboxylic acids is 2. The Morgan fingerprint density at radius 1 is 1.00 bits per heavy atom. The second-order valence-electron chi connectivity index (χ2n) is 14.4. The summed E-state index contributed by atoms with van der Waals surface area (Å²) in [4.78, 5) is 34.6. The third-order valence-corrected chi connectivity index (χ3v) is 10.2. The third kappa shape index (κ3) is 8.30. The maximum atomic E-state index is 14.1. The van der Waals surface area contributed by atoms with Crippen molar-refractivity contribution in [3.05, 3.63) is 0 Å². The molecule has 0 aromatic carbocycles. The first-order valence-corrected chi connectivity index (χ1v) is 15.7. The SMILES string of the molecule is CO[C@]1(C)C[C@@H](C)CN(C)C(C2CCN(C)CC2)COC(=O)C(C)(C)C(=O)[C@H](C)[C@H]1O[C@H]1C[C@@H](N(C)C)C[C@@H](C)O1. The summed E-state index contributed by atoms with van der Waals surface area (Å²) in [7, 11) is 10.2. The number of likely N-dealkylation sites (N-methyl/N-ethyl adjacent to an activating group) is 1. The van der Waals surface area contributed by atoms with Gasteiger partial charge in [-0.05, 0) is 106 Å². The molecule has 0 aliphatic carbocycles. The minimum absolute atomic E-state index is 0.0335. The summed E-state index contributed by atoms with van der Waals surface area (Å²) in [5.41, 5.74) is -2.10. The maximum absolute atomic E-state index is 14.1. The van der Waals surface area contributed by atoms with E-state index in [0.717, 1.165) is 38.9 Å². The number of piperidine rings is 1. The molecule has 9 nitrogen and oxygen atoms in total. The third-order valence-electron chi connectivity index (χ3n) is 10.2. The van der Waals surface area contributed by atoms with Gasteiger partial charge in [-0.25, -0.2) is 0 Å². The Morgan fingerprint density at radius 2 is 1.63 bits per heavy atom. The van der Waals surface area contributed by atoms with Crippen LogP contribution in [0.25, 0.3) is 0 Å². The summed E-state index contributed by atoms with van der Waals surface area (Å²) in [6.07, 6.45) is 3.41. The van der Waals surface area contributed by atoms with Gasteiger partial charge in [-0.2, -0.15) is 0 Å². The molecule has 3 saturated heterocycles. The van der Waals surface area contributed by atoms with Crippen molar-refractivity contribution in [2.24, 2.45) is 23.2 Å². The van der Waals surface area contributed by atoms with E-state index < -0.39 is 35.3 Å². The van der Waals surface area contributed by atoms with Gasteiger partial charge in [0.1, 0.15) is 12.0 Å². The van der Waals surface area contributed by atoms with E-state index in [1.165, 1.54) is 0 Å². The smallest absolute Gasteiger partial charge is 0.319 e. The highest BCUT2D eigenvalue weighted by atomic mass is 16.7. The van der Waals surface area contributed by atoms with Crippen molar-refractivity contribution in [3.8, 4) is 0 Å². The van der Waals surface area contributed by atoms with Crippen LogP contribution in [0.3, 0.4) is 0 Å². The largest absolute Gasteiger partial charge is 0.463 e. The minimum Gasteiger partial charge on any atom is -0.463 e. The van der Waals surface area contributed by atoms with Gasteiger partial charge in [0.2, 0.25) is 0 Å². The second kappa shape index (κ2) is 14.1. The van der Waals surface area contributed by atoms with Gasteiger partial charge in [0.15, 0.2) is 12.1 Å². The lowest BCUT2D eigenvalue weighted by Gasteiger charge is -2.45. The fourth-order valence-electron chi connectivity index (χ4n) is 7.42. The molecule has 0 saturated carbocycles. The van der Waals surface area contributed by atoms with E-state index in [1.54, 1.807) is 21.0 Å². The number of cyclic esters (lactones) is 1. The van der Waals surface area contributed by atoms with Gasteiger partial charge in [-0.1, -0.05) is 13.8 Å². The summed E-state index contributed by atoms with van der Waals surface area (Å²) >= 11 is 0. The maximum Gasteiger partial charge on any atom is 0.319 e. The Balaban J connectivity index is 1.95. The summed E-state index contributed by atoms with van der Waals surface area (Å²) in [5, 5.41) is 0. The number of methoxy groups -OCH3 is 1. The number of Topliss-reactive ketones (excluding diaryl/α,β-unsaturated/α-hetero) is 1. The van der Waals surface area contributed by atoms with Crippen LogP contribution in [-0.2, 0) is 28.5 Å². The Hall–Kier alpha value is -1.10. The Kier molecular flexibility index (Phi) is 11.8. The predicted molar refractivity (Wildman–Crippen MR) is 161 cm³/mol. The van der Waals surface area contributed by atoms with Crippen LogP contribution in [-0.4, -0.2) is 124 Å². The predicted octanol–water partition coefficient (Wildman–Crippen LogP) is 3.69. The number of likely N-dealkylation sites (tertiary alicyclic amines) is 1. The average Bonchev–Trinajstić information content (AvgIpc) is 2.90. The first kappa shape index (κ1) is 34.4.